The van der Waals surface area contributed by atoms with Crippen LogP contribution >= 0.6 is 0 Å². The maximum atomic E-state index is 9.42. The molecule has 0 aliphatic heterocycles. The van der Waals surface area contributed by atoms with Crippen LogP contribution in [0, 0.1) is 0 Å². The third-order valence-corrected chi connectivity index (χ3v) is 2.07. The first-order valence-electron chi connectivity index (χ1n) is 3.99. The fourth-order valence-electron chi connectivity index (χ4n) is 1.12. The topological polar surface area (TPSA) is 23.5 Å². The molecule has 0 amide bonds. The Labute approximate surface area is 62.8 Å². The molecule has 0 spiro atoms. The van der Waals surface area contributed by atoms with Gasteiger partial charge in [0.1, 0.15) is 0 Å². The normalized spacial score (nSPS) is 21.6. The fourth-order valence-corrected chi connectivity index (χ4v) is 1.12. The Morgan fingerprint density at radius 2 is 2.00 bits per heavy atom. The van der Waals surface area contributed by atoms with Gasteiger partial charge in [-0.25, -0.2) is 0 Å². The zero-order chi connectivity index (χ0) is 7.61. The Morgan fingerprint density at radius 3 is 2.40 bits per heavy atom. The summed E-state index contributed by atoms with van der Waals surface area (Å²) >= 11 is 0. The molecule has 1 aliphatic carbocycles. The molecule has 10 heavy (non-hydrogen) atoms. The average Bonchev–Trinajstić information content (AvgIpc) is 2.47. The lowest BCUT2D eigenvalue weighted by atomic mass is 10.2. The molecular weight excluding hydrogens is 126 g/mol. The summed E-state index contributed by atoms with van der Waals surface area (Å²) in [6.45, 7) is 1.10. The van der Waals surface area contributed by atoms with Crippen molar-refractivity contribution in [2.24, 2.45) is 0 Å². The Bertz CT molecular complexity index is 108. The minimum absolute atomic E-state index is 0.240. The molecule has 2 nitrogen and oxygen atoms in total. The first kappa shape index (κ1) is 8.02. The highest BCUT2D eigenvalue weighted by Crippen LogP contribution is 2.39. The summed E-state index contributed by atoms with van der Waals surface area (Å²) in [6, 6.07) is 0. The van der Waals surface area contributed by atoms with Crippen molar-refractivity contribution >= 4 is 0 Å². The van der Waals surface area contributed by atoms with Gasteiger partial charge in [-0.05, 0) is 46.3 Å². The van der Waals surface area contributed by atoms with Crippen molar-refractivity contribution in [1.29, 1.82) is 0 Å². The molecule has 60 valence electrons. The monoisotopic (exact) mass is 143 g/mol. The second-order valence-corrected chi connectivity index (χ2v) is 3.63. The van der Waals surface area contributed by atoms with E-state index < -0.39 is 0 Å². The molecule has 0 aromatic carbocycles. The van der Waals surface area contributed by atoms with E-state index in [1.54, 1.807) is 0 Å². The van der Waals surface area contributed by atoms with Crippen LogP contribution in [0.3, 0.4) is 0 Å². The van der Waals surface area contributed by atoms with Crippen LogP contribution in [0.1, 0.15) is 25.7 Å². The minimum Gasteiger partial charge on any atom is -0.390 e. The van der Waals surface area contributed by atoms with Gasteiger partial charge in [0.2, 0.25) is 0 Å². The molecular formula is C8H17NO. The van der Waals surface area contributed by atoms with Crippen molar-refractivity contribution in [3.05, 3.63) is 0 Å². The Hall–Kier alpha value is -0.0800. The van der Waals surface area contributed by atoms with Gasteiger partial charge in [-0.1, -0.05) is 0 Å². The van der Waals surface area contributed by atoms with Crippen LogP contribution in [-0.4, -0.2) is 36.2 Å². The van der Waals surface area contributed by atoms with Gasteiger partial charge in [-0.2, -0.15) is 0 Å². The summed E-state index contributed by atoms with van der Waals surface area (Å²) in [5, 5.41) is 9.42. The summed E-state index contributed by atoms with van der Waals surface area (Å²) < 4.78 is 0. The van der Waals surface area contributed by atoms with Gasteiger partial charge in [-0.3, -0.25) is 0 Å². The van der Waals surface area contributed by atoms with Gasteiger partial charge in [0.05, 0.1) is 5.60 Å². The van der Waals surface area contributed by atoms with Crippen LogP contribution in [0.2, 0.25) is 0 Å². The summed E-state index contributed by atoms with van der Waals surface area (Å²) in [5.74, 6) is 0. The van der Waals surface area contributed by atoms with E-state index in [4.69, 9.17) is 0 Å². The van der Waals surface area contributed by atoms with Crippen LogP contribution in [-0.2, 0) is 0 Å². The van der Waals surface area contributed by atoms with Gasteiger partial charge < -0.3 is 10.0 Å². The van der Waals surface area contributed by atoms with E-state index in [0.717, 1.165) is 32.2 Å². The number of hydrogen-bond acceptors (Lipinski definition) is 2. The summed E-state index contributed by atoms with van der Waals surface area (Å²) in [5.41, 5.74) is -0.240. The molecule has 1 rings (SSSR count). The van der Waals surface area contributed by atoms with Crippen molar-refractivity contribution in [1.82, 2.24) is 4.90 Å². The molecule has 0 radical (unpaired) electrons. The Balaban J connectivity index is 1.95. The molecule has 1 fully saturated rings. The number of hydrogen-bond donors (Lipinski definition) is 1. The standard InChI is InChI=1S/C8H17NO/c1-9(2)7-3-4-8(10)5-6-8/h10H,3-7H2,1-2H3. The largest absolute Gasteiger partial charge is 0.390 e. The van der Waals surface area contributed by atoms with Crippen molar-refractivity contribution in [3.63, 3.8) is 0 Å². The summed E-state index contributed by atoms with van der Waals surface area (Å²) in [6.07, 6.45) is 4.18. The van der Waals surface area contributed by atoms with Gasteiger partial charge in [0, 0.05) is 0 Å². The molecule has 1 saturated carbocycles. The SMILES string of the molecule is CN(C)CCCC1(O)CC1. The Morgan fingerprint density at radius 1 is 1.40 bits per heavy atom. The highest BCUT2D eigenvalue weighted by Gasteiger charge is 2.39. The fraction of sp³-hybridized carbons (Fsp3) is 1.00. The quantitative estimate of drug-likeness (QED) is 0.630. The molecule has 0 aromatic heterocycles. The highest BCUT2D eigenvalue weighted by molar-refractivity contribution is 4.92. The van der Waals surface area contributed by atoms with E-state index in [0.29, 0.717) is 0 Å². The van der Waals surface area contributed by atoms with Crippen LogP contribution in [0.25, 0.3) is 0 Å². The number of nitrogens with zero attached hydrogens (tertiary/aromatic N) is 1. The lowest BCUT2D eigenvalue weighted by molar-refractivity contribution is 0.134. The zero-order valence-electron chi connectivity index (χ0n) is 6.93. The molecule has 0 aromatic rings. The van der Waals surface area contributed by atoms with Gasteiger partial charge in [0.15, 0.2) is 0 Å². The van der Waals surface area contributed by atoms with E-state index in [-0.39, 0.29) is 5.60 Å². The maximum absolute atomic E-state index is 9.42. The predicted molar refractivity (Wildman–Crippen MR) is 42.0 cm³/mol. The molecule has 0 heterocycles. The minimum atomic E-state index is -0.240. The lowest BCUT2D eigenvalue weighted by Crippen LogP contribution is -2.16. The summed E-state index contributed by atoms with van der Waals surface area (Å²) in [7, 11) is 4.13. The van der Waals surface area contributed by atoms with Crippen molar-refractivity contribution in [2.75, 3.05) is 20.6 Å². The summed E-state index contributed by atoms with van der Waals surface area (Å²) in [4.78, 5) is 2.16. The van der Waals surface area contributed by atoms with E-state index in [2.05, 4.69) is 19.0 Å². The zero-order valence-corrected chi connectivity index (χ0v) is 6.93. The van der Waals surface area contributed by atoms with Gasteiger partial charge >= 0.3 is 0 Å². The first-order valence-corrected chi connectivity index (χ1v) is 3.99. The van der Waals surface area contributed by atoms with E-state index in [1.165, 1.54) is 0 Å². The van der Waals surface area contributed by atoms with E-state index >= 15 is 0 Å². The van der Waals surface area contributed by atoms with Crippen molar-refractivity contribution < 1.29 is 5.11 Å². The van der Waals surface area contributed by atoms with Crippen LogP contribution in [0.15, 0.2) is 0 Å². The van der Waals surface area contributed by atoms with E-state index in [1.807, 2.05) is 0 Å². The van der Waals surface area contributed by atoms with E-state index in [9.17, 15) is 5.11 Å². The predicted octanol–water partition coefficient (Wildman–Crippen LogP) is 0.853. The molecule has 0 atom stereocenters. The first-order chi connectivity index (χ1) is 4.62. The van der Waals surface area contributed by atoms with Crippen LogP contribution in [0.4, 0.5) is 0 Å². The molecule has 0 bridgehead atoms. The van der Waals surface area contributed by atoms with Gasteiger partial charge in [-0.15, -0.1) is 0 Å². The number of aliphatic hydroxyl groups is 1. The average molecular weight is 143 g/mol. The molecule has 1 aliphatic rings. The molecule has 0 unspecified atom stereocenters. The molecule has 1 N–H and O–H groups in total. The van der Waals surface area contributed by atoms with Crippen molar-refractivity contribution in [2.45, 2.75) is 31.3 Å². The lowest BCUT2D eigenvalue weighted by Gasteiger charge is -2.11. The van der Waals surface area contributed by atoms with Crippen LogP contribution in [0.5, 0.6) is 0 Å². The van der Waals surface area contributed by atoms with Gasteiger partial charge in [0.25, 0.3) is 0 Å². The third kappa shape index (κ3) is 2.67. The molecule has 2 heteroatoms. The maximum Gasteiger partial charge on any atom is 0.0650 e. The second kappa shape index (κ2) is 2.89. The molecule has 0 saturated heterocycles. The smallest absolute Gasteiger partial charge is 0.0650 e. The second-order valence-electron chi connectivity index (χ2n) is 3.63. The van der Waals surface area contributed by atoms with Crippen LogP contribution < -0.4 is 0 Å². The number of rotatable bonds is 4. The third-order valence-electron chi connectivity index (χ3n) is 2.07. The Kier molecular flexibility index (Phi) is 2.32. The van der Waals surface area contributed by atoms with Crippen molar-refractivity contribution in [3.8, 4) is 0 Å². The highest BCUT2D eigenvalue weighted by atomic mass is 16.3.